The van der Waals surface area contributed by atoms with Crippen molar-refractivity contribution in [1.82, 2.24) is 0 Å². The molecule has 1 aromatic rings. The van der Waals surface area contributed by atoms with E-state index < -0.39 is 0 Å². The summed E-state index contributed by atoms with van der Waals surface area (Å²) in [6, 6.07) is 5.63. The Balaban J connectivity index is 2.85. The molecule has 1 rings (SSSR count). The van der Waals surface area contributed by atoms with E-state index >= 15 is 0 Å². The van der Waals surface area contributed by atoms with Crippen LogP contribution in [-0.4, -0.2) is 6.10 Å². The van der Waals surface area contributed by atoms with Crippen LogP contribution in [0.1, 0.15) is 19.4 Å². The number of rotatable bonds is 3. The first kappa shape index (κ1) is 9.86. The lowest BCUT2D eigenvalue weighted by atomic mass is 10.2. The van der Waals surface area contributed by atoms with Crippen molar-refractivity contribution < 1.29 is 4.74 Å². The molecule has 0 heterocycles. The summed E-state index contributed by atoms with van der Waals surface area (Å²) >= 11 is 0. The van der Waals surface area contributed by atoms with Crippen LogP contribution in [0.5, 0.6) is 5.75 Å². The van der Waals surface area contributed by atoms with Gasteiger partial charge in [0.1, 0.15) is 5.75 Å². The summed E-state index contributed by atoms with van der Waals surface area (Å²) in [5.41, 5.74) is 12.9. The molecule has 72 valence electrons. The molecule has 4 N–H and O–H groups in total. The van der Waals surface area contributed by atoms with Gasteiger partial charge in [-0.2, -0.15) is 0 Å². The van der Waals surface area contributed by atoms with Gasteiger partial charge in [0.2, 0.25) is 0 Å². The molecule has 0 spiro atoms. The molecule has 3 heteroatoms. The van der Waals surface area contributed by atoms with Crippen molar-refractivity contribution in [2.75, 3.05) is 5.73 Å². The van der Waals surface area contributed by atoms with Crippen molar-refractivity contribution in [3.05, 3.63) is 23.8 Å². The van der Waals surface area contributed by atoms with Crippen molar-refractivity contribution >= 4 is 5.69 Å². The third-order valence-electron chi connectivity index (χ3n) is 1.67. The van der Waals surface area contributed by atoms with E-state index in [-0.39, 0.29) is 6.10 Å². The molecule has 0 saturated heterocycles. The van der Waals surface area contributed by atoms with Gasteiger partial charge in [0, 0.05) is 6.54 Å². The Morgan fingerprint density at radius 3 is 2.54 bits per heavy atom. The van der Waals surface area contributed by atoms with E-state index in [1.165, 1.54) is 0 Å². The lowest BCUT2D eigenvalue weighted by Gasteiger charge is -2.12. The van der Waals surface area contributed by atoms with E-state index in [0.29, 0.717) is 12.2 Å². The van der Waals surface area contributed by atoms with Crippen LogP contribution in [0.15, 0.2) is 18.2 Å². The first-order chi connectivity index (χ1) is 6.13. The molecular weight excluding hydrogens is 164 g/mol. The Morgan fingerprint density at radius 1 is 1.38 bits per heavy atom. The first-order valence-electron chi connectivity index (χ1n) is 4.38. The third-order valence-corrected chi connectivity index (χ3v) is 1.67. The second kappa shape index (κ2) is 4.14. The molecule has 0 aromatic heterocycles. The Morgan fingerprint density at radius 2 is 2.08 bits per heavy atom. The highest BCUT2D eigenvalue weighted by atomic mass is 16.5. The molecule has 0 aliphatic rings. The fourth-order valence-electron chi connectivity index (χ4n) is 1.09. The Labute approximate surface area is 78.7 Å². The normalized spacial score (nSPS) is 10.5. The van der Waals surface area contributed by atoms with E-state index in [4.69, 9.17) is 16.2 Å². The Kier molecular flexibility index (Phi) is 3.14. The van der Waals surface area contributed by atoms with Crippen LogP contribution >= 0.6 is 0 Å². The van der Waals surface area contributed by atoms with E-state index in [1.54, 1.807) is 0 Å². The Bertz CT molecular complexity index is 284. The molecule has 3 nitrogen and oxygen atoms in total. The van der Waals surface area contributed by atoms with Gasteiger partial charge in [-0.25, -0.2) is 0 Å². The largest absolute Gasteiger partial charge is 0.489 e. The number of hydrogen-bond donors (Lipinski definition) is 2. The van der Waals surface area contributed by atoms with Crippen molar-refractivity contribution in [2.45, 2.75) is 26.5 Å². The van der Waals surface area contributed by atoms with Crippen LogP contribution < -0.4 is 16.2 Å². The average Bonchev–Trinajstić information content (AvgIpc) is 2.08. The molecule has 0 atom stereocenters. The van der Waals surface area contributed by atoms with Crippen molar-refractivity contribution in [1.29, 1.82) is 0 Å². The summed E-state index contributed by atoms with van der Waals surface area (Å²) in [5.74, 6) is 0.729. The molecule has 0 radical (unpaired) electrons. The zero-order valence-corrected chi connectivity index (χ0v) is 8.08. The minimum absolute atomic E-state index is 0.144. The zero-order chi connectivity index (χ0) is 9.84. The fraction of sp³-hybridized carbons (Fsp3) is 0.400. The quantitative estimate of drug-likeness (QED) is 0.693. The molecule has 0 aliphatic carbocycles. The van der Waals surface area contributed by atoms with Crippen LogP contribution in [0.25, 0.3) is 0 Å². The van der Waals surface area contributed by atoms with Gasteiger partial charge in [-0.1, -0.05) is 6.07 Å². The summed E-state index contributed by atoms with van der Waals surface area (Å²) in [7, 11) is 0. The maximum Gasteiger partial charge on any atom is 0.142 e. The van der Waals surface area contributed by atoms with E-state index in [9.17, 15) is 0 Å². The second-order valence-electron chi connectivity index (χ2n) is 3.24. The van der Waals surface area contributed by atoms with E-state index in [2.05, 4.69) is 0 Å². The number of ether oxygens (including phenoxy) is 1. The monoisotopic (exact) mass is 180 g/mol. The smallest absolute Gasteiger partial charge is 0.142 e. The van der Waals surface area contributed by atoms with E-state index in [1.807, 2.05) is 32.0 Å². The molecule has 13 heavy (non-hydrogen) atoms. The standard InChI is InChI=1S/C10H16N2O/c1-7(2)13-10-4-3-8(6-11)5-9(10)12/h3-5,7H,6,11-12H2,1-2H3. The molecule has 0 aliphatic heterocycles. The Hall–Kier alpha value is -1.22. The van der Waals surface area contributed by atoms with Gasteiger partial charge < -0.3 is 16.2 Å². The minimum Gasteiger partial charge on any atom is -0.489 e. The van der Waals surface area contributed by atoms with Gasteiger partial charge in [0.05, 0.1) is 11.8 Å². The fourth-order valence-corrected chi connectivity index (χ4v) is 1.09. The maximum absolute atomic E-state index is 5.76. The van der Waals surface area contributed by atoms with Gasteiger partial charge in [-0.3, -0.25) is 0 Å². The van der Waals surface area contributed by atoms with Crippen molar-refractivity contribution in [3.8, 4) is 5.75 Å². The van der Waals surface area contributed by atoms with Crippen LogP contribution in [0.2, 0.25) is 0 Å². The molecule has 0 amide bonds. The predicted molar refractivity (Wildman–Crippen MR) is 54.5 cm³/mol. The summed E-state index contributed by atoms with van der Waals surface area (Å²) < 4.78 is 5.48. The zero-order valence-electron chi connectivity index (χ0n) is 8.08. The molecule has 0 unspecified atom stereocenters. The summed E-state index contributed by atoms with van der Waals surface area (Å²) in [5, 5.41) is 0. The number of nitrogen functional groups attached to an aromatic ring is 1. The van der Waals surface area contributed by atoms with Crippen LogP contribution in [0.3, 0.4) is 0 Å². The predicted octanol–water partition coefficient (Wildman–Crippen LogP) is 1.51. The van der Waals surface area contributed by atoms with Gasteiger partial charge in [0.15, 0.2) is 0 Å². The summed E-state index contributed by atoms with van der Waals surface area (Å²) in [6.45, 7) is 4.44. The van der Waals surface area contributed by atoms with Gasteiger partial charge >= 0.3 is 0 Å². The summed E-state index contributed by atoms with van der Waals surface area (Å²) in [6.07, 6.45) is 0.144. The van der Waals surface area contributed by atoms with Crippen LogP contribution in [0.4, 0.5) is 5.69 Å². The van der Waals surface area contributed by atoms with Gasteiger partial charge in [0.25, 0.3) is 0 Å². The highest BCUT2D eigenvalue weighted by Gasteiger charge is 2.02. The second-order valence-corrected chi connectivity index (χ2v) is 3.24. The third kappa shape index (κ3) is 2.63. The van der Waals surface area contributed by atoms with Crippen molar-refractivity contribution in [2.24, 2.45) is 5.73 Å². The molecule has 1 aromatic carbocycles. The maximum atomic E-state index is 5.76. The highest BCUT2D eigenvalue weighted by Crippen LogP contribution is 2.23. The molecule has 0 fully saturated rings. The number of nitrogens with two attached hydrogens (primary N) is 2. The van der Waals surface area contributed by atoms with Gasteiger partial charge in [-0.05, 0) is 31.5 Å². The van der Waals surface area contributed by atoms with Crippen LogP contribution in [0, 0.1) is 0 Å². The highest BCUT2D eigenvalue weighted by molar-refractivity contribution is 5.54. The average molecular weight is 180 g/mol. The molecule has 0 saturated carbocycles. The number of anilines is 1. The number of benzene rings is 1. The van der Waals surface area contributed by atoms with Crippen LogP contribution in [-0.2, 0) is 6.54 Å². The molecule has 0 bridgehead atoms. The lowest BCUT2D eigenvalue weighted by Crippen LogP contribution is -2.08. The topological polar surface area (TPSA) is 61.3 Å². The molecular formula is C10H16N2O. The minimum atomic E-state index is 0.144. The lowest BCUT2D eigenvalue weighted by molar-refractivity contribution is 0.244. The summed E-state index contributed by atoms with van der Waals surface area (Å²) in [4.78, 5) is 0. The van der Waals surface area contributed by atoms with Crippen molar-refractivity contribution in [3.63, 3.8) is 0 Å². The number of hydrogen-bond acceptors (Lipinski definition) is 3. The van der Waals surface area contributed by atoms with E-state index in [0.717, 1.165) is 11.3 Å². The van der Waals surface area contributed by atoms with Gasteiger partial charge in [-0.15, -0.1) is 0 Å². The first-order valence-corrected chi connectivity index (χ1v) is 4.38. The SMILES string of the molecule is CC(C)Oc1ccc(CN)cc1N.